The van der Waals surface area contributed by atoms with E-state index in [2.05, 4.69) is 15.0 Å². The molecule has 0 atom stereocenters. The zero-order chi connectivity index (χ0) is 13.6. The highest BCUT2D eigenvalue weighted by molar-refractivity contribution is 6.31. The van der Waals surface area contributed by atoms with Gasteiger partial charge in [0.1, 0.15) is 0 Å². The maximum atomic E-state index is 12.0. The van der Waals surface area contributed by atoms with Gasteiger partial charge in [-0.05, 0) is 19.0 Å². The van der Waals surface area contributed by atoms with Gasteiger partial charge in [0.2, 0.25) is 5.88 Å². The summed E-state index contributed by atoms with van der Waals surface area (Å²) in [7, 11) is 0. The van der Waals surface area contributed by atoms with Crippen LogP contribution in [0.3, 0.4) is 0 Å². The minimum absolute atomic E-state index is 0.0787. The first-order valence-electron chi connectivity index (χ1n) is 5.48. The molecule has 1 heterocycles. The van der Waals surface area contributed by atoms with Crippen LogP contribution >= 0.6 is 11.6 Å². The van der Waals surface area contributed by atoms with E-state index in [9.17, 15) is 13.2 Å². The van der Waals surface area contributed by atoms with Gasteiger partial charge < -0.3 is 10.1 Å². The number of hydrogen-bond donors (Lipinski definition) is 1. The molecule has 0 spiro atoms. The first-order valence-corrected chi connectivity index (χ1v) is 5.86. The van der Waals surface area contributed by atoms with Crippen LogP contribution in [0.1, 0.15) is 19.0 Å². The van der Waals surface area contributed by atoms with Gasteiger partial charge in [-0.25, -0.2) is 4.98 Å². The van der Waals surface area contributed by atoms with E-state index in [1.165, 1.54) is 12.1 Å². The van der Waals surface area contributed by atoms with E-state index in [0.29, 0.717) is 17.3 Å². The van der Waals surface area contributed by atoms with Crippen LogP contribution < -0.4 is 10.1 Å². The van der Waals surface area contributed by atoms with E-state index in [0.717, 1.165) is 13.0 Å². The SMILES string of the molecule is CCCNCc1nc(OCC(F)(F)F)ccc1Cl. The fourth-order valence-corrected chi connectivity index (χ4v) is 1.38. The average molecular weight is 283 g/mol. The zero-order valence-electron chi connectivity index (χ0n) is 9.85. The fourth-order valence-electron chi connectivity index (χ4n) is 1.21. The number of rotatable bonds is 6. The molecule has 18 heavy (non-hydrogen) atoms. The van der Waals surface area contributed by atoms with Crippen LogP contribution in [0.4, 0.5) is 13.2 Å². The number of pyridine rings is 1. The second-order valence-corrected chi connectivity index (χ2v) is 4.07. The van der Waals surface area contributed by atoms with E-state index in [1.54, 1.807) is 0 Å². The summed E-state index contributed by atoms with van der Waals surface area (Å²) in [6.45, 7) is 1.83. The Bertz CT molecular complexity index is 385. The van der Waals surface area contributed by atoms with Gasteiger partial charge >= 0.3 is 6.18 Å². The molecule has 0 amide bonds. The zero-order valence-corrected chi connectivity index (χ0v) is 10.6. The van der Waals surface area contributed by atoms with Gasteiger partial charge in [0.05, 0.1) is 10.7 Å². The number of nitrogens with zero attached hydrogens (tertiary/aromatic N) is 1. The topological polar surface area (TPSA) is 34.2 Å². The maximum absolute atomic E-state index is 12.0. The molecule has 1 aromatic rings. The average Bonchev–Trinajstić information content (AvgIpc) is 2.29. The number of halogens is 4. The lowest BCUT2D eigenvalue weighted by Crippen LogP contribution is -2.20. The summed E-state index contributed by atoms with van der Waals surface area (Å²) in [5.74, 6) is -0.0787. The first-order chi connectivity index (χ1) is 8.42. The molecule has 1 aromatic heterocycles. The van der Waals surface area contributed by atoms with E-state index >= 15 is 0 Å². The van der Waals surface area contributed by atoms with Gasteiger partial charge in [-0.2, -0.15) is 13.2 Å². The third-order valence-corrected chi connectivity index (χ3v) is 2.34. The molecule has 0 saturated carbocycles. The Morgan fingerprint density at radius 2 is 2.11 bits per heavy atom. The molecule has 1 rings (SSSR count). The Kier molecular flexibility index (Phi) is 5.68. The van der Waals surface area contributed by atoms with Crippen molar-refractivity contribution >= 4 is 11.6 Å². The summed E-state index contributed by atoms with van der Waals surface area (Å²) in [5.41, 5.74) is 0.477. The third kappa shape index (κ3) is 5.55. The molecule has 0 saturated heterocycles. The predicted molar refractivity (Wildman–Crippen MR) is 62.8 cm³/mol. The highest BCUT2D eigenvalue weighted by Gasteiger charge is 2.28. The fraction of sp³-hybridized carbons (Fsp3) is 0.545. The van der Waals surface area contributed by atoms with Crippen molar-refractivity contribution in [3.05, 3.63) is 22.8 Å². The molecule has 0 bridgehead atoms. The number of aromatic nitrogens is 1. The lowest BCUT2D eigenvalue weighted by molar-refractivity contribution is -0.154. The monoisotopic (exact) mass is 282 g/mol. The van der Waals surface area contributed by atoms with Crippen molar-refractivity contribution < 1.29 is 17.9 Å². The van der Waals surface area contributed by atoms with Crippen LogP contribution in [0, 0.1) is 0 Å². The van der Waals surface area contributed by atoms with Crippen LogP contribution in [0.5, 0.6) is 5.88 Å². The lowest BCUT2D eigenvalue weighted by Gasteiger charge is -2.10. The van der Waals surface area contributed by atoms with Crippen molar-refractivity contribution in [2.75, 3.05) is 13.2 Å². The van der Waals surface area contributed by atoms with Crippen molar-refractivity contribution in [1.29, 1.82) is 0 Å². The molecule has 0 aliphatic carbocycles. The summed E-state index contributed by atoms with van der Waals surface area (Å²) in [5, 5.41) is 3.47. The Balaban J connectivity index is 2.62. The van der Waals surface area contributed by atoms with Crippen LogP contribution in [-0.2, 0) is 6.54 Å². The summed E-state index contributed by atoms with van der Waals surface area (Å²) in [4.78, 5) is 3.93. The molecule has 0 aliphatic rings. The number of nitrogens with one attached hydrogen (secondary N) is 1. The van der Waals surface area contributed by atoms with Crippen LogP contribution in [0.25, 0.3) is 0 Å². The molecule has 3 nitrogen and oxygen atoms in total. The predicted octanol–water partition coefficient (Wildman–Crippen LogP) is 3.18. The summed E-state index contributed by atoms with van der Waals surface area (Å²) in [6.07, 6.45) is -3.43. The minimum Gasteiger partial charge on any atom is -0.468 e. The molecule has 7 heteroatoms. The summed E-state index contributed by atoms with van der Waals surface area (Å²) >= 11 is 5.88. The van der Waals surface area contributed by atoms with Gasteiger partial charge in [0, 0.05) is 12.6 Å². The molecule has 102 valence electrons. The Hall–Kier alpha value is -1.01. The first kappa shape index (κ1) is 15.0. The summed E-state index contributed by atoms with van der Waals surface area (Å²) in [6, 6.07) is 2.79. The molecular formula is C11H14ClF3N2O. The normalized spacial score (nSPS) is 11.6. The molecular weight excluding hydrogens is 269 g/mol. The number of hydrogen-bond acceptors (Lipinski definition) is 3. The third-order valence-electron chi connectivity index (χ3n) is 2.00. The number of alkyl halides is 3. The van der Waals surface area contributed by atoms with Crippen LogP contribution in [-0.4, -0.2) is 24.3 Å². The standard InChI is InChI=1S/C11H14ClF3N2O/c1-2-5-16-6-9-8(12)3-4-10(17-9)18-7-11(13,14)15/h3-4,16H,2,5-7H2,1H3. The van der Waals surface area contributed by atoms with Crippen molar-refractivity contribution in [3.8, 4) is 5.88 Å². The molecule has 0 radical (unpaired) electrons. The van der Waals surface area contributed by atoms with Gasteiger partial charge in [-0.15, -0.1) is 0 Å². The van der Waals surface area contributed by atoms with Gasteiger partial charge in [0.15, 0.2) is 6.61 Å². The maximum Gasteiger partial charge on any atom is 0.422 e. The Morgan fingerprint density at radius 3 is 2.72 bits per heavy atom. The second-order valence-electron chi connectivity index (χ2n) is 3.66. The van der Waals surface area contributed by atoms with Gasteiger partial charge in [-0.3, -0.25) is 0 Å². The van der Waals surface area contributed by atoms with Crippen molar-refractivity contribution in [1.82, 2.24) is 10.3 Å². The van der Waals surface area contributed by atoms with Crippen LogP contribution in [0.2, 0.25) is 5.02 Å². The highest BCUT2D eigenvalue weighted by atomic mass is 35.5. The van der Waals surface area contributed by atoms with Crippen LogP contribution in [0.15, 0.2) is 12.1 Å². The largest absolute Gasteiger partial charge is 0.468 e. The quantitative estimate of drug-likeness (QED) is 0.814. The van der Waals surface area contributed by atoms with E-state index in [4.69, 9.17) is 11.6 Å². The second kappa shape index (κ2) is 6.80. The van der Waals surface area contributed by atoms with E-state index in [1.807, 2.05) is 6.92 Å². The lowest BCUT2D eigenvalue weighted by atomic mass is 10.3. The smallest absolute Gasteiger partial charge is 0.422 e. The molecule has 1 N–H and O–H groups in total. The Morgan fingerprint density at radius 1 is 1.39 bits per heavy atom. The van der Waals surface area contributed by atoms with E-state index in [-0.39, 0.29) is 5.88 Å². The van der Waals surface area contributed by atoms with Gasteiger partial charge in [0.25, 0.3) is 0 Å². The molecule has 0 unspecified atom stereocenters. The highest BCUT2D eigenvalue weighted by Crippen LogP contribution is 2.20. The van der Waals surface area contributed by atoms with Crippen molar-refractivity contribution in [3.63, 3.8) is 0 Å². The minimum atomic E-state index is -4.37. The molecule has 0 aliphatic heterocycles. The van der Waals surface area contributed by atoms with Crippen molar-refractivity contribution in [2.24, 2.45) is 0 Å². The van der Waals surface area contributed by atoms with Gasteiger partial charge in [-0.1, -0.05) is 18.5 Å². The molecule has 0 aromatic carbocycles. The van der Waals surface area contributed by atoms with Crippen molar-refractivity contribution in [2.45, 2.75) is 26.1 Å². The van der Waals surface area contributed by atoms with E-state index < -0.39 is 12.8 Å². The Labute approximate surface area is 108 Å². The molecule has 0 fully saturated rings. The summed E-state index contributed by atoms with van der Waals surface area (Å²) < 4.78 is 40.5. The number of ether oxygens (including phenoxy) is 1.